The first kappa shape index (κ1) is 24.2. The Morgan fingerprint density at radius 2 is 1.77 bits per heavy atom. The molecular formula is C20H20N4O5S2. The maximum atomic E-state index is 13.0. The largest absolute Gasteiger partial charge is 0.298 e. The molecule has 0 saturated heterocycles. The van der Waals surface area contributed by atoms with E-state index in [1.807, 2.05) is 12.1 Å². The van der Waals surface area contributed by atoms with Gasteiger partial charge in [-0.1, -0.05) is 6.07 Å². The molecule has 162 valence electrons. The molecule has 0 atom stereocenters. The summed E-state index contributed by atoms with van der Waals surface area (Å²) in [4.78, 5) is 15.7. The fourth-order valence-electron chi connectivity index (χ4n) is 3.05. The van der Waals surface area contributed by atoms with E-state index in [0.717, 1.165) is 19.2 Å². The van der Waals surface area contributed by atoms with E-state index in [4.69, 9.17) is 5.26 Å². The molecule has 0 aliphatic carbocycles. The number of ketones is 1. The number of pyridine rings is 1. The number of sulfonamides is 1. The number of Topliss-reactive ketones (excluding diaryl/α,β-unsaturated/α-hetero) is 1. The van der Waals surface area contributed by atoms with Crippen LogP contribution in [0.25, 0.3) is 0 Å². The van der Waals surface area contributed by atoms with Crippen LogP contribution in [0.2, 0.25) is 0 Å². The maximum Gasteiger partial charge on any atom is 0.241 e. The van der Waals surface area contributed by atoms with Gasteiger partial charge in [0, 0.05) is 5.69 Å². The maximum absolute atomic E-state index is 13.0. The molecule has 11 heteroatoms. The average molecular weight is 461 g/mol. The first-order valence-electron chi connectivity index (χ1n) is 9.00. The lowest BCUT2D eigenvalue weighted by molar-refractivity contribution is -0.116. The molecule has 0 fully saturated rings. The van der Waals surface area contributed by atoms with E-state index in [0.29, 0.717) is 16.8 Å². The molecule has 0 bridgehead atoms. The van der Waals surface area contributed by atoms with Crippen LogP contribution in [0, 0.1) is 36.5 Å². The van der Waals surface area contributed by atoms with Crippen LogP contribution in [0.3, 0.4) is 0 Å². The number of nitrogens with one attached hydrogen (secondary N) is 1. The van der Waals surface area contributed by atoms with E-state index in [1.54, 1.807) is 19.9 Å². The number of aromatic nitrogens is 1. The van der Waals surface area contributed by atoms with Crippen LogP contribution >= 0.6 is 0 Å². The molecule has 9 nitrogen and oxygen atoms in total. The van der Waals surface area contributed by atoms with Gasteiger partial charge in [-0.15, -0.1) is 0 Å². The van der Waals surface area contributed by atoms with Gasteiger partial charge in [-0.05, 0) is 50.2 Å². The summed E-state index contributed by atoms with van der Waals surface area (Å²) in [5.41, 5.74) is 1.86. The van der Waals surface area contributed by atoms with Crippen LogP contribution in [0.1, 0.15) is 28.1 Å². The smallest absolute Gasteiger partial charge is 0.241 e. The summed E-state index contributed by atoms with van der Waals surface area (Å²) in [5.74, 6) is -1.72. The number of nitrogens with zero attached hydrogens (tertiary/aromatic N) is 3. The van der Waals surface area contributed by atoms with E-state index in [1.165, 1.54) is 6.07 Å². The quantitative estimate of drug-likeness (QED) is 0.614. The Hall–Kier alpha value is -3.12. The minimum Gasteiger partial charge on any atom is -0.298 e. The zero-order valence-corrected chi connectivity index (χ0v) is 18.8. The van der Waals surface area contributed by atoms with E-state index in [2.05, 4.69) is 9.71 Å². The summed E-state index contributed by atoms with van der Waals surface area (Å²) in [5, 5.41) is 18.2. The molecule has 2 rings (SSSR count). The third kappa shape index (κ3) is 5.52. The fourth-order valence-corrected chi connectivity index (χ4v) is 5.94. The van der Waals surface area contributed by atoms with Crippen molar-refractivity contribution in [2.45, 2.75) is 36.5 Å². The highest BCUT2D eigenvalue weighted by Crippen LogP contribution is 2.24. The van der Waals surface area contributed by atoms with Crippen molar-refractivity contribution in [1.29, 1.82) is 10.5 Å². The van der Waals surface area contributed by atoms with Crippen molar-refractivity contribution in [3.05, 3.63) is 52.3 Å². The molecule has 31 heavy (non-hydrogen) atoms. The Morgan fingerprint density at radius 1 is 1.10 bits per heavy atom. The molecule has 1 aromatic carbocycles. The van der Waals surface area contributed by atoms with Gasteiger partial charge in [0.2, 0.25) is 10.0 Å². The minimum absolute atomic E-state index is 0.131. The Labute approximate surface area is 181 Å². The fraction of sp³-hybridized carbons (Fsp3) is 0.300. The van der Waals surface area contributed by atoms with Gasteiger partial charge in [-0.2, -0.15) is 10.5 Å². The lowest BCUT2D eigenvalue weighted by Crippen LogP contribution is -2.25. The average Bonchev–Trinajstić information content (AvgIpc) is 2.67. The Bertz CT molecular complexity index is 1330. The van der Waals surface area contributed by atoms with Crippen molar-refractivity contribution >= 4 is 25.6 Å². The third-order valence-electron chi connectivity index (χ3n) is 4.43. The molecule has 1 aromatic heterocycles. The van der Waals surface area contributed by atoms with Crippen molar-refractivity contribution in [3.8, 4) is 12.1 Å². The van der Waals surface area contributed by atoms with Gasteiger partial charge in [0.15, 0.2) is 15.6 Å². The zero-order valence-electron chi connectivity index (χ0n) is 17.1. The van der Waals surface area contributed by atoms with Crippen LogP contribution in [0.15, 0.2) is 34.1 Å². The Kier molecular flexibility index (Phi) is 7.28. The molecule has 1 N–H and O–H groups in total. The number of carbonyl (C=O) groups is 1. The lowest BCUT2D eigenvalue weighted by atomic mass is 10.0. The molecule has 0 amide bonds. The summed E-state index contributed by atoms with van der Waals surface area (Å²) in [6, 6.07) is 9.03. The normalized spacial score (nSPS) is 11.5. The molecule has 1 heterocycles. The SMILES string of the molecule is CNS(=O)(=O)c1ccc(CC#N)cc1S(=O)(=O)CC(=O)Cc1nc(C)cc(C)c1C#N. The van der Waals surface area contributed by atoms with Gasteiger partial charge in [0.05, 0.1) is 35.1 Å². The second kappa shape index (κ2) is 9.35. The zero-order chi connectivity index (χ0) is 23.4. The van der Waals surface area contributed by atoms with Gasteiger partial charge in [0.1, 0.15) is 16.7 Å². The van der Waals surface area contributed by atoms with E-state index >= 15 is 0 Å². The van der Waals surface area contributed by atoms with Gasteiger partial charge < -0.3 is 0 Å². The van der Waals surface area contributed by atoms with Crippen molar-refractivity contribution in [2.75, 3.05) is 12.8 Å². The summed E-state index contributed by atoms with van der Waals surface area (Å²) < 4.78 is 52.6. The summed E-state index contributed by atoms with van der Waals surface area (Å²) >= 11 is 0. The van der Waals surface area contributed by atoms with Gasteiger partial charge >= 0.3 is 0 Å². The number of rotatable bonds is 8. The standard InChI is InChI=1S/C20H20N4O5S2/c1-13-8-14(2)24-18(17(13)11-22)10-16(25)12-30(26,27)20-9-15(6-7-21)4-5-19(20)31(28,29)23-3/h4-5,8-9,23H,6,10,12H2,1-3H3. The van der Waals surface area contributed by atoms with Gasteiger partial charge in [-0.3, -0.25) is 9.78 Å². The van der Waals surface area contributed by atoms with Gasteiger partial charge in [0.25, 0.3) is 0 Å². The van der Waals surface area contributed by atoms with Crippen molar-refractivity contribution < 1.29 is 21.6 Å². The second-order valence-electron chi connectivity index (χ2n) is 6.81. The molecular weight excluding hydrogens is 440 g/mol. The van der Waals surface area contributed by atoms with E-state index in [-0.39, 0.29) is 17.7 Å². The van der Waals surface area contributed by atoms with Crippen molar-refractivity contribution in [2.24, 2.45) is 0 Å². The number of hydrogen-bond donors (Lipinski definition) is 1. The number of aryl methyl sites for hydroxylation is 2. The van der Waals surface area contributed by atoms with Crippen LogP contribution in [0.5, 0.6) is 0 Å². The highest BCUT2D eigenvalue weighted by molar-refractivity contribution is 7.94. The molecule has 0 aliphatic heterocycles. The van der Waals surface area contributed by atoms with Crippen molar-refractivity contribution in [1.82, 2.24) is 9.71 Å². The number of nitriles is 2. The van der Waals surface area contributed by atoms with Crippen LogP contribution in [-0.2, 0) is 37.5 Å². The Balaban J connectivity index is 2.47. The predicted molar refractivity (Wildman–Crippen MR) is 111 cm³/mol. The molecule has 0 radical (unpaired) electrons. The van der Waals surface area contributed by atoms with E-state index in [9.17, 15) is 26.9 Å². The molecule has 2 aromatic rings. The van der Waals surface area contributed by atoms with Gasteiger partial charge in [-0.25, -0.2) is 21.6 Å². The van der Waals surface area contributed by atoms with Crippen molar-refractivity contribution in [3.63, 3.8) is 0 Å². The first-order valence-corrected chi connectivity index (χ1v) is 12.1. The molecule has 0 saturated carbocycles. The lowest BCUT2D eigenvalue weighted by Gasteiger charge is -2.12. The van der Waals surface area contributed by atoms with E-state index < -0.39 is 47.6 Å². The summed E-state index contributed by atoms with van der Waals surface area (Å²) in [6.45, 7) is 3.38. The predicted octanol–water partition coefficient (Wildman–Crippen LogP) is 1.13. The topological polar surface area (TPSA) is 158 Å². The minimum atomic E-state index is -4.37. The number of hydrogen-bond acceptors (Lipinski definition) is 8. The number of benzene rings is 1. The number of sulfone groups is 1. The summed E-state index contributed by atoms with van der Waals surface area (Å²) in [7, 11) is -7.38. The highest BCUT2D eigenvalue weighted by atomic mass is 32.2. The first-order chi connectivity index (χ1) is 14.4. The van der Waals surface area contributed by atoms with Crippen LogP contribution < -0.4 is 4.72 Å². The highest BCUT2D eigenvalue weighted by Gasteiger charge is 2.29. The second-order valence-corrected chi connectivity index (χ2v) is 10.6. The van der Waals surface area contributed by atoms with Crippen LogP contribution in [-0.4, -0.2) is 40.4 Å². The molecule has 0 unspecified atom stereocenters. The number of carbonyl (C=O) groups excluding carboxylic acids is 1. The van der Waals surface area contributed by atoms with Crippen LogP contribution in [0.4, 0.5) is 0 Å². The molecule has 0 aliphatic rings. The summed E-state index contributed by atoms with van der Waals surface area (Å²) in [6.07, 6.45) is -0.523. The Morgan fingerprint density at radius 3 is 2.35 bits per heavy atom. The monoisotopic (exact) mass is 460 g/mol. The third-order valence-corrected chi connectivity index (χ3v) is 7.74. The molecule has 0 spiro atoms.